The number of rotatable bonds is 6. The van der Waals surface area contributed by atoms with Crippen LogP contribution in [-0.4, -0.2) is 26.8 Å². The molecule has 10 heteroatoms. The topological polar surface area (TPSA) is 111 Å². The molecular formula is C18H15BrN4O4S. The van der Waals surface area contributed by atoms with Gasteiger partial charge in [-0.15, -0.1) is 10.2 Å². The van der Waals surface area contributed by atoms with Crippen molar-refractivity contribution >= 4 is 45.0 Å². The third-order valence-electron chi connectivity index (χ3n) is 3.76. The molecule has 0 saturated heterocycles. The molecule has 1 aromatic heterocycles. The van der Waals surface area contributed by atoms with Crippen LogP contribution < -0.4 is 5.32 Å². The lowest BCUT2D eigenvalue weighted by Crippen LogP contribution is -2.16. The first-order chi connectivity index (χ1) is 13.3. The van der Waals surface area contributed by atoms with Gasteiger partial charge in [-0.25, -0.2) is 0 Å². The molecule has 0 aliphatic rings. The van der Waals surface area contributed by atoms with Gasteiger partial charge in [0.05, 0.1) is 16.2 Å². The van der Waals surface area contributed by atoms with Gasteiger partial charge in [0.1, 0.15) is 5.69 Å². The maximum Gasteiger partial charge on any atom is 0.293 e. The Labute approximate surface area is 173 Å². The molecule has 0 atom stereocenters. The van der Waals surface area contributed by atoms with Crippen LogP contribution in [0.3, 0.4) is 0 Å². The Bertz CT molecular complexity index is 1050. The number of benzene rings is 2. The van der Waals surface area contributed by atoms with E-state index >= 15 is 0 Å². The number of nitrogens with one attached hydrogen (secondary N) is 1. The molecule has 0 saturated carbocycles. The fraction of sp³-hybridized carbons (Fsp3) is 0.167. The molecule has 2 aromatic carbocycles. The van der Waals surface area contributed by atoms with Crippen LogP contribution in [0.2, 0.25) is 0 Å². The molecule has 1 amide bonds. The maximum absolute atomic E-state index is 12.3. The average molecular weight is 463 g/mol. The zero-order chi connectivity index (χ0) is 20.3. The normalized spacial score (nSPS) is 10.7. The van der Waals surface area contributed by atoms with Crippen molar-refractivity contribution in [2.45, 2.75) is 19.1 Å². The third kappa shape index (κ3) is 4.57. The van der Waals surface area contributed by atoms with E-state index in [0.717, 1.165) is 27.4 Å². The van der Waals surface area contributed by atoms with Crippen LogP contribution in [0, 0.1) is 24.0 Å². The van der Waals surface area contributed by atoms with Crippen molar-refractivity contribution in [2.24, 2.45) is 0 Å². The summed E-state index contributed by atoms with van der Waals surface area (Å²) in [5.74, 6) is -0.0942. The molecule has 0 aliphatic carbocycles. The highest BCUT2D eigenvalue weighted by Crippen LogP contribution is 2.31. The molecular weight excluding hydrogens is 448 g/mol. The van der Waals surface area contributed by atoms with Gasteiger partial charge >= 0.3 is 0 Å². The number of halogens is 1. The van der Waals surface area contributed by atoms with Gasteiger partial charge in [-0.3, -0.25) is 14.9 Å². The van der Waals surface area contributed by atoms with E-state index < -0.39 is 10.8 Å². The fourth-order valence-electron chi connectivity index (χ4n) is 2.57. The van der Waals surface area contributed by atoms with E-state index in [0.29, 0.717) is 11.5 Å². The average Bonchev–Trinajstić information content (AvgIpc) is 3.11. The van der Waals surface area contributed by atoms with Gasteiger partial charge in [-0.05, 0) is 53.0 Å². The molecule has 0 unspecified atom stereocenters. The summed E-state index contributed by atoms with van der Waals surface area (Å²) in [7, 11) is 0. The zero-order valence-corrected chi connectivity index (χ0v) is 17.3. The molecule has 0 aliphatic heterocycles. The van der Waals surface area contributed by atoms with E-state index in [9.17, 15) is 14.9 Å². The van der Waals surface area contributed by atoms with Gasteiger partial charge in [0.25, 0.3) is 10.9 Å². The lowest BCUT2D eigenvalue weighted by molar-refractivity contribution is -0.384. The molecule has 1 N–H and O–H groups in total. The summed E-state index contributed by atoms with van der Waals surface area (Å²) in [5, 5.41) is 22.0. The Morgan fingerprint density at radius 1 is 1.29 bits per heavy atom. The van der Waals surface area contributed by atoms with Gasteiger partial charge in [-0.2, -0.15) is 0 Å². The zero-order valence-electron chi connectivity index (χ0n) is 14.9. The molecule has 0 fully saturated rings. The first-order valence-electron chi connectivity index (χ1n) is 8.12. The Balaban J connectivity index is 1.68. The maximum atomic E-state index is 12.3. The van der Waals surface area contributed by atoms with Crippen molar-refractivity contribution in [1.82, 2.24) is 10.2 Å². The van der Waals surface area contributed by atoms with Crippen LogP contribution in [0.5, 0.6) is 0 Å². The minimum atomic E-state index is -0.509. The summed E-state index contributed by atoms with van der Waals surface area (Å²) in [4.78, 5) is 23.0. The number of hydrogen-bond acceptors (Lipinski definition) is 7. The van der Waals surface area contributed by atoms with E-state index in [1.165, 1.54) is 6.07 Å². The SMILES string of the molecule is Cc1cc(C)c(NC(=O)CSc2nnc(-c3ccccc3Br)o2)c([N+](=O)[O-])c1. The first kappa shape index (κ1) is 20.0. The minimum Gasteiger partial charge on any atom is -0.411 e. The van der Waals surface area contributed by atoms with Crippen molar-refractivity contribution in [3.8, 4) is 11.5 Å². The number of nitrogens with zero attached hydrogens (tertiary/aromatic N) is 3. The lowest BCUT2D eigenvalue weighted by Gasteiger charge is -2.09. The number of anilines is 1. The van der Waals surface area contributed by atoms with E-state index in [1.54, 1.807) is 19.9 Å². The molecule has 3 aromatic rings. The number of carbonyl (C=O) groups is 1. The van der Waals surface area contributed by atoms with Crippen LogP contribution in [0.4, 0.5) is 11.4 Å². The first-order valence-corrected chi connectivity index (χ1v) is 9.89. The summed E-state index contributed by atoms with van der Waals surface area (Å²) in [6.07, 6.45) is 0. The van der Waals surface area contributed by atoms with Crippen LogP contribution in [-0.2, 0) is 4.79 Å². The van der Waals surface area contributed by atoms with Crippen LogP contribution >= 0.6 is 27.7 Å². The number of hydrogen-bond donors (Lipinski definition) is 1. The smallest absolute Gasteiger partial charge is 0.293 e. The summed E-state index contributed by atoms with van der Waals surface area (Å²) >= 11 is 4.47. The van der Waals surface area contributed by atoms with E-state index in [4.69, 9.17) is 4.42 Å². The number of amides is 1. The van der Waals surface area contributed by atoms with Gasteiger partial charge in [0.2, 0.25) is 11.8 Å². The number of carbonyl (C=O) groups excluding carboxylic acids is 1. The van der Waals surface area contributed by atoms with Crippen molar-refractivity contribution in [2.75, 3.05) is 11.1 Å². The summed E-state index contributed by atoms with van der Waals surface area (Å²) in [6.45, 7) is 3.48. The summed E-state index contributed by atoms with van der Waals surface area (Å²) < 4.78 is 6.39. The van der Waals surface area contributed by atoms with Gasteiger partial charge in [-0.1, -0.05) is 30.0 Å². The second-order valence-corrected chi connectivity index (χ2v) is 7.70. The highest BCUT2D eigenvalue weighted by atomic mass is 79.9. The predicted molar refractivity (Wildman–Crippen MR) is 109 cm³/mol. The highest BCUT2D eigenvalue weighted by Gasteiger charge is 2.20. The van der Waals surface area contributed by atoms with Gasteiger partial charge < -0.3 is 9.73 Å². The van der Waals surface area contributed by atoms with E-state index in [2.05, 4.69) is 31.4 Å². The van der Waals surface area contributed by atoms with Crippen LogP contribution in [0.15, 0.2) is 50.5 Å². The molecule has 3 rings (SSSR count). The second kappa shape index (κ2) is 8.53. The number of nitro benzene ring substituents is 1. The standard InChI is InChI=1S/C18H15BrN4O4S/c1-10-7-11(2)16(14(8-10)23(25)26)20-15(24)9-28-18-22-21-17(27-18)12-5-3-4-6-13(12)19/h3-8H,9H2,1-2H3,(H,20,24). The number of aryl methyl sites for hydroxylation is 2. The number of aromatic nitrogens is 2. The lowest BCUT2D eigenvalue weighted by atomic mass is 10.1. The van der Waals surface area contributed by atoms with Crippen molar-refractivity contribution in [3.63, 3.8) is 0 Å². The molecule has 28 heavy (non-hydrogen) atoms. The molecule has 1 heterocycles. The monoisotopic (exact) mass is 462 g/mol. The Morgan fingerprint density at radius 2 is 2.04 bits per heavy atom. The van der Waals surface area contributed by atoms with Crippen molar-refractivity contribution in [3.05, 3.63) is 62.1 Å². The Kier molecular flexibility index (Phi) is 6.10. The van der Waals surface area contributed by atoms with E-state index in [-0.39, 0.29) is 22.4 Å². The van der Waals surface area contributed by atoms with Gasteiger partial charge in [0, 0.05) is 10.5 Å². The molecule has 0 spiro atoms. The fourth-order valence-corrected chi connectivity index (χ4v) is 3.58. The molecule has 144 valence electrons. The molecule has 0 bridgehead atoms. The summed E-state index contributed by atoms with van der Waals surface area (Å²) in [5.41, 5.74) is 2.18. The van der Waals surface area contributed by atoms with Crippen LogP contribution in [0.25, 0.3) is 11.5 Å². The second-order valence-electron chi connectivity index (χ2n) is 5.92. The van der Waals surface area contributed by atoms with Crippen molar-refractivity contribution < 1.29 is 14.1 Å². The highest BCUT2D eigenvalue weighted by molar-refractivity contribution is 9.10. The van der Waals surface area contributed by atoms with Crippen LogP contribution in [0.1, 0.15) is 11.1 Å². The predicted octanol–water partition coefficient (Wildman–Crippen LogP) is 4.75. The van der Waals surface area contributed by atoms with Gasteiger partial charge in [0.15, 0.2) is 0 Å². The Hall–Kier alpha value is -2.72. The molecule has 8 nitrogen and oxygen atoms in total. The Morgan fingerprint density at radius 3 is 2.75 bits per heavy atom. The number of thioether (sulfide) groups is 1. The van der Waals surface area contributed by atoms with E-state index in [1.807, 2.05) is 24.3 Å². The minimum absolute atomic E-state index is 0.0257. The largest absolute Gasteiger partial charge is 0.411 e. The quantitative estimate of drug-likeness (QED) is 0.319. The third-order valence-corrected chi connectivity index (χ3v) is 5.27. The summed E-state index contributed by atoms with van der Waals surface area (Å²) in [6, 6.07) is 10.6. The molecule has 0 radical (unpaired) electrons. The van der Waals surface area contributed by atoms with Crippen molar-refractivity contribution in [1.29, 1.82) is 0 Å². The number of nitro groups is 1.